The number of nitrogens with zero attached hydrogens (tertiary/aromatic N) is 2. The molecule has 0 spiro atoms. The van der Waals surface area contributed by atoms with Gasteiger partial charge in [0.1, 0.15) is 0 Å². The van der Waals surface area contributed by atoms with Crippen LogP contribution in [0.3, 0.4) is 0 Å². The van der Waals surface area contributed by atoms with Crippen LogP contribution in [0.1, 0.15) is 62.1 Å². The van der Waals surface area contributed by atoms with Gasteiger partial charge in [0.05, 0.1) is 11.8 Å². The van der Waals surface area contributed by atoms with Crippen LogP contribution in [0.15, 0.2) is 42.5 Å². The lowest BCUT2D eigenvalue weighted by Gasteiger charge is -2.35. The zero-order chi connectivity index (χ0) is 24.4. The van der Waals surface area contributed by atoms with Gasteiger partial charge in [0.15, 0.2) is 0 Å². The molecule has 2 heterocycles. The fourth-order valence-corrected chi connectivity index (χ4v) is 6.34. The number of carboxylic acids is 1. The van der Waals surface area contributed by atoms with E-state index in [-0.39, 0.29) is 11.8 Å². The van der Waals surface area contributed by atoms with Gasteiger partial charge in [-0.3, -0.25) is 9.59 Å². The van der Waals surface area contributed by atoms with Crippen molar-refractivity contribution in [3.8, 4) is 11.1 Å². The second-order valence-corrected chi connectivity index (χ2v) is 10.8. The first-order valence-electron chi connectivity index (χ1n) is 13.5. The molecular weight excluding hydrogens is 436 g/mol. The summed E-state index contributed by atoms with van der Waals surface area (Å²) in [5, 5.41) is 9.59. The van der Waals surface area contributed by atoms with Crippen molar-refractivity contribution in [2.24, 2.45) is 11.8 Å². The molecule has 35 heavy (non-hydrogen) atoms. The van der Waals surface area contributed by atoms with Gasteiger partial charge in [0.25, 0.3) is 0 Å². The maximum absolute atomic E-state index is 13.2. The molecule has 3 atom stereocenters. The minimum atomic E-state index is -0.818. The molecule has 2 aromatic carbocycles. The molecule has 2 aliphatic heterocycles. The van der Waals surface area contributed by atoms with Crippen LogP contribution in [0.4, 0.5) is 0 Å². The number of likely N-dealkylation sites (tertiary alicyclic amines) is 1. The van der Waals surface area contributed by atoms with E-state index in [9.17, 15) is 14.7 Å². The Balaban J connectivity index is 1.22. The number of carboxylic acid groups (broad SMARTS) is 1. The van der Waals surface area contributed by atoms with Gasteiger partial charge in [0.2, 0.25) is 5.91 Å². The van der Waals surface area contributed by atoms with E-state index in [1.54, 1.807) is 0 Å². The fourth-order valence-electron chi connectivity index (χ4n) is 6.34. The third-order valence-electron chi connectivity index (χ3n) is 8.60. The Hall–Kier alpha value is -2.66. The Morgan fingerprint density at radius 3 is 2.34 bits per heavy atom. The van der Waals surface area contributed by atoms with Crippen LogP contribution in [0.2, 0.25) is 0 Å². The van der Waals surface area contributed by atoms with E-state index in [0.717, 1.165) is 38.3 Å². The van der Waals surface area contributed by atoms with Crippen molar-refractivity contribution in [2.75, 3.05) is 19.6 Å². The van der Waals surface area contributed by atoms with Crippen molar-refractivity contribution in [2.45, 2.75) is 70.9 Å². The van der Waals surface area contributed by atoms with Gasteiger partial charge in [0, 0.05) is 25.7 Å². The minimum absolute atomic E-state index is 0.0331. The molecule has 2 fully saturated rings. The summed E-state index contributed by atoms with van der Waals surface area (Å²) in [6.45, 7) is 5.97. The molecule has 0 aromatic heterocycles. The third-order valence-corrected chi connectivity index (χ3v) is 8.60. The number of hydrogen-bond donors (Lipinski definition) is 1. The monoisotopic (exact) mass is 474 g/mol. The van der Waals surface area contributed by atoms with Gasteiger partial charge in [-0.15, -0.1) is 0 Å². The largest absolute Gasteiger partial charge is 0.481 e. The average molecular weight is 475 g/mol. The Kier molecular flexibility index (Phi) is 7.24. The summed E-state index contributed by atoms with van der Waals surface area (Å²) >= 11 is 0. The number of fused-ring (bicyclic) bond motifs is 1. The van der Waals surface area contributed by atoms with E-state index in [1.165, 1.54) is 47.2 Å². The quantitative estimate of drug-likeness (QED) is 0.629. The number of aliphatic carboxylic acids is 1. The number of amides is 1. The maximum Gasteiger partial charge on any atom is 0.307 e. The van der Waals surface area contributed by atoms with Crippen LogP contribution in [-0.4, -0.2) is 52.5 Å². The summed E-state index contributed by atoms with van der Waals surface area (Å²) < 4.78 is 0. The first kappa shape index (κ1) is 24.1. The summed E-state index contributed by atoms with van der Waals surface area (Å²) in [7, 11) is 0. The van der Waals surface area contributed by atoms with E-state index in [1.807, 2.05) is 4.90 Å². The zero-order valence-corrected chi connectivity index (χ0v) is 20.9. The number of rotatable bonds is 6. The molecule has 0 unspecified atom stereocenters. The van der Waals surface area contributed by atoms with Gasteiger partial charge in [-0.1, -0.05) is 55.3 Å². The number of carbonyl (C=O) groups is 2. The van der Waals surface area contributed by atoms with Crippen LogP contribution in [-0.2, 0) is 29.0 Å². The molecule has 0 radical (unpaired) electrons. The molecular formula is C30H38N2O3. The molecule has 1 amide bonds. The zero-order valence-electron chi connectivity index (χ0n) is 20.9. The van der Waals surface area contributed by atoms with Crippen LogP contribution in [0, 0.1) is 11.8 Å². The van der Waals surface area contributed by atoms with Gasteiger partial charge in [-0.05, 0) is 79.8 Å². The number of benzene rings is 2. The summed E-state index contributed by atoms with van der Waals surface area (Å²) in [5.41, 5.74) is 6.34. The van der Waals surface area contributed by atoms with E-state index >= 15 is 0 Å². The molecule has 1 saturated heterocycles. The summed E-state index contributed by atoms with van der Waals surface area (Å²) in [6, 6.07) is 16.3. The highest BCUT2D eigenvalue weighted by molar-refractivity contribution is 5.85. The van der Waals surface area contributed by atoms with E-state index in [0.29, 0.717) is 25.9 Å². The topological polar surface area (TPSA) is 60.9 Å². The van der Waals surface area contributed by atoms with Gasteiger partial charge in [-0.2, -0.15) is 0 Å². The Bertz CT molecular complexity index is 1060. The molecule has 186 valence electrons. The molecule has 5 heteroatoms. The highest BCUT2D eigenvalue weighted by atomic mass is 16.4. The average Bonchev–Trinajstić information content (AvgIpc) is 3.31. The van der Waals surface area contributed by atoms with Crippen molar-refractivity contribution < 1.29 is 14.7 Å². The van der Waals surface area contributed by atoms with Crippen LogP contribution in [0.25, 0.3) is 11.1 Å². The SMILES string of the molecule is C[C@@H]1CCCN1CCc1ccc(-c2ccc3c(c2)CCN(C(=O)[C@H]2CCCC[C@@H]2C(=O)O)C3)cc1. The smallest absolute Gasteiger partial charge is 0.307 e. The molecule has 5 rings (SSSR count). The molecule has 1 N–H and O–H groups in total. The van der Waals surface area contributed by atoms with Gasteiger partial charge < -0.3 is 14.9 Å². The van der Waals surface area contributed by atoms with Crippen LogP contribution >= 0.6 is 0 Å². The first-order valence-corrected chi connectivity index (χ1v) is 13.5. The van der Waals surface area contributed by atoms with E-state index in [4.69, 9.17) is 0 Å². The standard InChI is InChI=1S/C30H38N2O3/c1-21-5-4-16-31(21)17-14-22-8-10-23(11-9-22)24-12-13-26-20-32(18-15-25(26)19-24)29(33)27-6-2-3-7-28(27)30(34)35/h8-13,19,21,27-28H,2-7,14-18,20H2,1H3,(H,34,35)/t21-,27+,28+/m1/s1. The Morgan fingerprint density at radius 2 is 1.63 bits per heavy atom. The predicted molar refractivity (Wildman–Crippen MR) is 138 cm³/mol. The molecule has 1 aliphatic carbocycles. The molecule has 3 aliphatic rings. The van der Waals surface area contributed by atoms with Crippen molar-refractivity contribution in [1.29, 1.82) is 0 Å². The van der Waals surface area contributed by atoms with Crippen molar-refractivity contribution >= 4 is 11.9 Å². The minimum Gasteiger partial charge on any atom is -0.481 e. The Morgan fingerprint density at radius 1 is 0.886 bits per heavy atom. The van der Waals surface area contributed by atoms with Crippen molar-refractivity contribution in [3.05, 3.63) is 59.2 Å². The van der Waals surface area contributed by atoms with E-state index < -0.39 is 11.9 Å². The van der Waals surface area contributed by atoms with Crippen LogP contribution < -0.4 is 0 Å². The van der Waals surface area contributed by atoms with E-state index in [2.05, 4.69) is 54.3 Å². The maximum atomic E-state index is 13.2. The lowest BCUT2D eigenvalue weighted by Crippen LogP contribution is -2.44. The number of hydrogen-bond acceptors (Lipinski definition) is 3. The summed E-state index contributed by atoms with van der Waals surface area (Å²) in [4.78, 5) is 29.4. The Labute approximate surface area is 209 Å². The third kappa shape index (κ3) is 5.30. The lowest BCUT2D eigenvalue weighted by molar-refractivity contribution is -0.152. The molecule has 5 nitrogen and oxygen atoms in total. The second kappa shape index (κ2) is 10.5. The lowest BCUT2D eigenvalue weighted by atomic mass is 9.78. The highest BCUT2D eigenvalue weighted by Crippen LogP contribution is 2.34. The fraction of sp³-hybridized carbons (Fsp3) is 0.533. The molecule has 0 bridgehead atoms. The highest BCUT2D eigenvalue weighted by Gasteiger charge is 2.38. The van der Waals surface area contributed by atoms with Crippen LogP contribution in [0.5, 0.6) is 0 Å². The van der Waals surface area contributed by atoms with Crippen molar-refractivity contribution in [1.82, 2.24) is 9.80 Å². The van der Waals surface area contributed by atoms with Crippen molar-refractivity contribution in [3.63, 3.8) is 0 Å². The summed E-state index contributed by atoms with van der Waals surface area (Å²) in [6.07, 6.45) is 7.75. The number of carbonyl (C=O) groups excluding carboxylic acids is 1. The molecule has 2 aromatic rings. The predicted octanol–water partition coefficient (Wildman–Crippen LogP) is 5.16. The van der Waals surface area contributed by atoms with Gasteiger partial charge in [-0.25, -0.2) is 0 Å². The summed E-state index contributed by atoms with van der Waals surface area (Å²) in [5.74, 6) is -1.68. The van der Waals surface area contributed by atoms with Gasteiger partial charge >= 0.3 is 5.97 Å². The second-order valence-electron chi connectivity index (χ2n) is 10.8. The first-order chi connectivity index (χ1) is 17.0. The normalized spacial score (nSPS) is 24.8. The molecule has 1 saturated carbocycles.